The van der Waals surface area contributed by atoms with Gasteiger partial charge in [-0.25, -0.2) is 4.98 Å². The second-order valence-corrected chi connectivity index (χ2v) is 10.5. The molecular weight excluding hydrogens is 482 g/mol. The van der Waals surface area contributed by atoms with Crippen molar-refractivity contribution >= 4 is 29.2 Å². The van der Waals surface area contributed by atoms with Gasteiger partial charge in [-0.1, -0.05) is 44.2 Å². The third-order valence-corrected chi connectivity index (χ3v) is 7.54. The molecule has 1 fully saturated rings. The van der Waals surface area contributed by atoms with Crippen LogP contribution in [0.5, 0.6) is 0 Å². The van der Waals surface area contributed by atoms with Crippen molar-refractivity contribution < 1.29 is 29.0 Å². The maximum atomic E-state index is 13.2. The third kappa shape index (κ3) is 7.11. The minimum absolute atomic E-state index is 0.101. The smallest absolute Gasteiger partial charge is 0.306 e. The summed E-state index contributed by atoms with van der Waals surface area (Å²) in [5.74, 6) is -1.44. The summed E-state index contributed by atoms with van der Waals surface area (Å²) in [5, 5.41) is 17.7. The molecule has 36 heavy (non-hydrogen) atoms. The Morgan fingerprint density at radius 1 is 1.25 bits per heavy atom. The Bertz CT molecular complexity index is 1060. The highest BCUT2D eigenvalue weighted by atomic mass is 32.1. The molecule has 5 unspecified atom stereocenters. The normalized spacial score (nSPS) is 21.4. The van der Waals surface area contributed by atoms with Crippen molar-refractivity contribution in [3.8, 4) is 0 Å². The number of rotatable bonds is 13. The van der Waals surface area contributed by atoms with Crippen LogP contribution in [-0.4, -0.2) is 58.8 Å². The average molecular weight is 518 g/mol. The van der Waals surface area contributed by atoms with Gasteiger partial charge in [0.1, 0.15) is 16.3 Å². The van der Waals surface area contributed by atoms with Crippen molar-refractivity contribution in [2.75, 3.05) is 7.05 Å². The lowest BCUT2D eigenvalue weighted by Crippen LogP contribution is -2.47. The Kier molecular flexibility index (Phi) is 9.21. The Labute approximate surface area is 215 Å². The topological polar surface area (TPSA) is 130 Å². The molecule has 3 rings (SSSR count). The van der Waals surface area contributed by atoms with Crippen molar-refractivity contribution in [3.05, 3.63) is 52.0 Å². The number of esters is 1. The van der Waals surface area contributed by atoms with E-state index in [1.807, 2.05) is 44.3 Å². The molecule has 1 aliphatic rings. The number of epoxide rings is 1. The minimum Gasteiger partial charge on any atom is -0.481 e. The van der Waals surface area contributed by atoms with E-state index in [9.17, 15) is 19.5 Å². The van der Waals surface area contributed by atoms with Crippen LogP contribution in [-0.2, 0) is 25.5 Å². The van der Waals surface area contributed by atoms with E-state index < -0.39 is 35.8 Å². The first-order valence-electron chi connectivity index (χ1n) is 12.1. The summed E-state index contributed by atoms with van der Waals surface area (Å²) in [6, 6.07) is 9.29. The van der Waals surface area contributed by atoms with E-state index in [1.165, 1.54) is 18.3 Å². The van der Waals surface area contributed by atoms with Crippen molar-refractivity contribution in [2.45, 2.75) is 76.9 Å². The van der Waals surface area contributed by atoms with E-state index in [4.69, 9.17) is 9.47 Å². The molecule has 3 N–H and O–H groups in total. The van der Waals surface area contributed by atoms with E-state index in [2.05, 4.69) is 29.5 Å². The van der Waals surface area contributed by atoms with Crippen molar-refractivity contribution in [2.24, 2.45) is 5.92 Å². The zero-order chi connectivity index (χ0) is 26.5. The Hall–Kier alpha value is -2.82. The lowest BCUT2D eigenvalue weighted by atomic mass is 9.90. The fourth-order valence-electron chi connectivity index (χ4n) is 4.35. The maximum Gasteiger partial charge on any atom is 0.306 e. The van der Waals surface area contributed by atoms with Gasteiger partial charge in [0.05, 0.1) is 18.6 Å². The number of carbonyl (C=O) groups is 3. The molecule has 10 heteroatoms. The number of hydrogen-bond acceptors (Lipinski definition) is 8. The highest BCUT2D eigenvalue weighted by Gasteiger charge is 2.58. The molecule has 5 atom stereocenters. The van der Waals surface area contributed by atoms with Crippen LogP contribution >= 0.6 is 11.3 Å². The van der Waals surface area contributed by atoms with E-state index >= 15 is 0 Å². The summed E-state index contributed by atoms with van der Waals surface area (Å²) in [4.78, 5) is 40.7. The standard InChI is InChI=1S/C26H35N3O6S/c1-15(2)18(27-5)12-20(34-16(3)30)25-28-19(14-36-25)24(33)29-21(11-17-9-7-6-8-10-17)26(4)22(35-26)13-23(31)32/h6-10,14-15,18,20-22,27H,11-13H2,1-5H3,(H,29,33)(H,31,32). The molecule has 2 heterocycles. The number of hydrogen-bond donors (Lipinski definition) is 3. The molecule has 0 radical (unpaired) electrons. The Morgan fingerprint density at radius 3 is 2.53 bits per heavy atom. The number of carboxylic acids is 1. The summed E-state index contributed by atoms with van der Waals surface area (Å²) < 4.78 is 11.3. The predicted octanol–water partition coefficient (Wildman–Crippen LogP) is 3.35. The van der Waals surface area contributed by atoms with Gasteiger partial charge in [-0.2, -0.15) is 0 Å². The first-order valence-corrected chi connectivity index (χ1v) is 13.0. The lowest BCUT2D eigenvalue weighted by molar-refractivity contribution is -0.147. The number of nitrogens with zero attached hydrogens (tertiary/aromatic N) is 1. The summed E-state index contributed by atoms with van der Waals surface area (Å²) >= 11 is 1.27. The van der Waals surface area contributed by atoms with E-state index in [1.54, 1.807) is 5.38 Å². The number of nitrogens with one attached hydrogen (secondary N) is 2. The van der Waals surface area contributed by atoms with Gasteiger partial charge < -0.3 is 25.2 Å². The number of ether oxygens (including phenoxy) is 2. The number of aliphatic carboxylic acids is 1. The second kappa shape index (κ2) is 11.9. The molecule has 2 aromatic rings. The van der Waals surface area contributed by atoms with Crippen LogP contribution in [0.25, 0.3) is 0 Å². The SMILES string of the molecule is CNC(CC(OC(C)=O)c1nc(C(=O)NC(Cc2ccccc2)C2(C)OC2CC(=O)O)cs1)C(C)C. The molecule has 1 aromatic heterocycles. The second-order valence-electron chi connectivity index (χ2n) is 9.65. The highest BCUT2D eigenvalue weighted by Crippen LogP contribution is 2.42. The maximum absolute atomic E-state index is 13.2. The molecule has 1 aliphatic heterocycles. The largest absolute Gasteiger partial charge is 0.481 e. The molecule has 0 saturated carbocycles. The molecule has 1 amide bonds. The van der Waals surface area contributed by atoms with Crippen LogP contribution in [0.1, 0.15) is 67.7 Å². The predicted molar refractivity (Wildman–Crippen MR) is 136 cm³/mol. The monoisotopic (exact) mass is 517 g/mol. The van der Waals surface area contributed by atoms with Crippen LogP contribution in [0.4, 0.5) is 0 Å². The quantitative estimate of drug-likeness (QED) is 0.272. The first-order chi connectivity index (χ1) is 17.0. The van der Waals surface area contributed by atoms with Gasteiger partial charge in [-0.05, 0) is 31.9 Å². The third-order valence-electron chi connectivity index (χ3n) is 6.60. The fraction of sp³-hybridized carbons (Fsp3) is 0.538. The average Bonchev–Trinajstić information content (AvgIpc) is 3.22. The molecule has 196 valence electrons. The fourth-order valence-corrected chi connectivity index (χ4v) is 5.19. The molecule has 1 aromatic carbocycles. The summed E-state index contributed by atoms with van der Waals surface area (Å²) in [6.45, 7) is 7.34. The van der Waals surface area contributed by atoms with E-state index in [0.29, 0.717) is 23.8 Å². The van der Waals surface area contributed by atoms with E-state index in [0.717, 1.165) is 5.56 Å². The minimum atomic E-state index is -0.949. The Morgan fingerprint density at radius 2 is 1.94 bits per heavy atom. The highest BCUT2D eigenvalue weighted by molar-refractivity contribution is 7.09. The zero-order valence-corrected chi connectivity index (χ0v) is 22.1. The van der Waals surface area contributed by atoms with Crippen LogP contribution in [0.2, 0.25) is 0 Å². The van der Waals surface area contributed by atoms with Gasteiger partial charge in [0.15, 0.2) is 6.10 Å². The molecule has 0 spiro atoms. The number of thiazole rings is 1. The van der Waals surface area contributed by atoms with Gasteiger partial charge in [0, 0.05) is 24.8 Å². The van der Waals surface area contributed by atoms with Crippen molar-refractivity contribution in [3.63, 3.8) is 0 Å². The summed E-state index contributed by atoms with van der Waals surface area (Å²) in [6.07, 6.45) is -0.187. The van der Waals surface area contributed by atoms with Crippen molar-refractivity contribution in [1.82, 2.24) is 15.6 Å². The van der Waals surface area contributed by atoms with Crippen LogP contribution < -0.4 is 10.6 Å². The van der Waals surface area contributed by atoms with Crippen molar-refractivity contribution in [1.29, 1.82) is 0 Å². The van der Waals surface area contributed by atoms with Gasteiger partial charge >= 0.3 is 11.9 Å². The number of carboxylic acid groups (broad SMARTS) is 1. The number of aromatic nitrogens is 1. The summed E-state index contributed by atoms with van der Waals surface area (Å²) in [7, 11) is 1.86. The number of amides is 1. The lowest BCUT2D eigenvalue weighted by Gasteiger charge is -2.24. The summed E-state index contributed by atoms with van der Waals surface area (Å²) in [5.41, 5.74) is 0.407. The number of carbonyl (C=O) groups excluding carboxylic acids is 2. The van der Waals surface area contributed by atoms with Crippen LogP contribution in [0, 0.1) is 5.92 Å². The number of benzene rings is 1. The molecule has 0 aliphatic carbocycles. The van der Waals surface area contributed by atoms with Crippen LogP contribution in [0.3, 0.4) is 0 Å². The molecule has 1 saturated heterocycles. The first kappa shape index (κ1) is 27.8. The molecule has 9 nitrogen and oxygen atoms in total. The van der Waals surface area contributed by atoms with Crippen LogP contribution in [0.15, 0.2) is 35.7 Å². The van der Waals surface area contributed by atoms with Gasteiger partial charge in [0.25, 0.3) is 5.91 Å². The Balaban J connectivity index is 1.78. The molecule has 0 bridgehead atoms. The zero-order valence-electron chi connectivity index (χ0n) is 21.3. The van der Waals surface area contributed by atoms with Gasteiger partial charge in [-0.3, -0.25) is 14.4 Å². The molecular formula is C26H35N3O6S. The van der Waals surface area contributed by atoms with Gasteiger partial charge in [-0.15, -0.1) is 11.3 Å². The van der Waals surface area contributed by atoms with E-state index in [-0.39, 0.29) is 24.1 Å². The van der Waals surface area contributed by atoms with Gasteiger partial charge in [0.2, 0.25) is 0 Å².